The van der Waals surface area contributed by atoms with E-state index in [4.69, 9.17) is 16.4 Å². The van der Waals surface area contributed by atoms with Crippen molar-refractivity contribution in [3.8, 4) is 11.5 Å². The van der Waals surface area contributed by atoms with Crippen molar-refractivity contribution < 1.29 is 43.3 Å². The molecule has 1 aromatic carbocycles. The maximum Gasteiger partial charge on any atom is 0.328 e. The molecule has 180 valence electrons. The van der Waals surface area contributed by atoms with Gasteiger partial charge in [-0.2, -0.15) is 0 Å². The number of phenolic OH excluding ortho intramolecular Hbond substituents is 2. The van der Waals surface area contributed by atoms with Crippen LogP contribution in [0, 0.1) is 0 Å². The predicted molar refractivity (Wildman–Crippen MR) is 114 cm³/mol. The van der Waals surface area contributed by atoms with Crippen LogP contribution < -0.4 is 5.32 Å². The summed E-state index contributed by atoms with van der Waals surface area (Å²) in [4.78, 5) is 42.6. The largest absolute Gasteiger partial charge is 0.772 e. The van der Waals surface area contributed by atoms with Crippen molar-refractivity contribution in [1.29, 1.82) is 0 Å². The molecule has 2 aliphatic rings. The lowest BCUT2D eigenvalue weighted by Gasteiger charge is -2.49. The molecule has 2 aliphatic heterocycles. The molecule has 14 heteroatoms. The number of hydrogen-bond acceptors (Lipinski definition) is 9. The number of aromatic hydroxyl groups is 2. The quantitative estimate of drug-likeness (QED) is 0.220. The van der Waals surface area contributed by atoms with Crippen molar-refractivity contribution in [2.45, 2.75) is 49.6 Å². The summed E-state index contributed by atoms with van der Waals surface area (Å²) in [6, 6.07) is 0.125. The number of carboxylic acid groups (broad SMARTS) is 1. The molecule has 12 nitrogen and oxygen atoms in total. The Hall–Kier alpha value is -2.90. The number of likely N-dealkylation sites (tertiary alicyclic amines) is 1. The molecule has 2 amide bonds. The zero-order valence-corrected chi connectivity index (χ0v) is 19.1. The van der Waals surface area contributed by atoms with Gasteiger partial charge in [0.05, 0.1) is 22.8 Å². The summed E-state index contributed by atoms with van der Waals surface area (Å²) in [5, 5.41) is 34.7. The topological polar surface area (TPSA) is 189 Å². The lowest BCUT2D eigenvalue weighted by atomic mass is 9.87. The molecule has 0 radical (unpaired) electrons. The van der Waals surface area contributed by atoms with Crippen LogP contribution in [0.5, 0.6) is 11.5 Å². The van der Waals surface area contributed by atoms with Crippen LogP contribution >= 0.6 is 11.6 Å². The molecular formula is C19H21ClN3O9S-. The van der Waals surface area contributed by atoms with E-state index in [0.717, 1.165) is 17.9 Å². The summed E-state index contributed by atoms with van der Waals surface area (Å²) in [5.41, 5.74) is -0.220. The Labute approximate surface area is 195 Å². The average molecular weight is 503 g/mol. The molecule has 2 unspecified atom stereocenters. The SMILES string of the molecule is C[C@@H]1CC(=O)N1[C@@H](C(=O)O)[C@](C)(C1=NOC(CNC(=O)c2ccc(O)c(O)c2Cl)C1)S(=O)[O-]. The fourth-order valence-electron chi connectivity index (χ4n) is 3.82. The average Bonchev–Trinajstić information content (AvgIpc) is 3.23. The van der Waals surface area contributed by atoms with Crippen LogP contribution in [0.3, 0.4) is 0 Å². The zero-order chi connectivity index (χ0) is 24.7. The monoisotopic (exact) mass is 502 g/mol. The Bertz CT molecular complexity index is 1070. The second-order valence-corrected chi connectivity index (χ2v) is 9.61. The molecule has 1 saturated heterocycles. The highest BCUT2D eigenvalue weighted by Gasteiger charge is 2.55. The maximum atomic E-state index is 12.4. The third kappa shape index (κ3) is 4.35. The number of carbonyl (C=O) groups is 3. The minimum absolute atomic E-state index is 0.102. The van der Waals surface area contributed by atoms with E-state index in [0.29, 0.717) is 0 Å². The van der Waals surface area contributed by atoms with Gasteiger partial charge in [-0.1, -0.05) is 16.8 Å². The van der Waals surface area contributed by atoms with Crippen molar-refractivity contribution in [3.63, 3.8) is 0 Å². The van der Waals surface area contributed by atoms with Gasteiger partial charge in [0.25, 0.3) is 5.91 Å². The molecule has 0 aromatic heterocycles. The standard InChI is InChI=1S/C19H22ClN3O9S/c1-8-5-13(25)23(8)16(18(28)29)19(2,33(30)31)12-6-9(32-22-12)7-21-17(27)10-3-4-11(24)15(26)14(10)20/h3-4,8-9,16,24,26H,5-7H2,1-2H3,(H,21,27)(H,28,29)(H,30,31)/p-1/t8-,9?,16+,19+/m1/s1. The number of nitrogens with zero attached hydrogens (tertiary/aromatic N) is 2. The van der Waals surface area contributed by atoms with E-state index in [1.54, 1.807) is 6.92 Å². The van der Waals surface area contributed by atoms with E-state index in [1.807, 2.05) is 0 Å². The van der Waals surface area contributed by atoms with Crippen LogP contribution in [0.2, 0.25) is 5.02 Å². The van der Waals surface area contributed by atoms with Crippen LogP contribution in [0.15, 0.2) is 17.3 Å². The first-order chi connectivity index (χ1) is 15.4. The third-order valence-electron chi connectivity index (χ3n) is 5.75. The first-order valence-corrected chi connectivity index (χ1v) is 11.2. The van der Waals surface area contributed by atoms with Crippen molar-refractivity contribution in [2.24, 2.45) is 5.16 Å². The molecular weight excluding hydrogens is 482 g/mol. The number of phenols is 2. The Kier molecular flexibility index (Phi) is 6.86. The number of hydrogen-bond donors (Lipinski definition) is 4. The highest BCUT2D eigenvalue weighted by atomic mass is 35.5. The van der Waals surface area contributed by atoms with E-state index < -0.39 is 63.3 Å². The number of carboxylic acids is 1. The molecule has 0 spiro atoms. The van der Waals surface area contributed by atoms with Crippen LogP contribution in [0.4, 0.5) is 0 Å². The lowest BCUT2D eigenvalue weighted by molar-refractivity contribution is -0.161. The van der Waals surface area contributed by atoms with Gasteiger partial charge < -0.3 is 34.9 Å². The number of amides is 2. The third-order valence-corrected chi connectivity index (χ3v) is 7.28. The van der Waals surface area contributed by atoms with Gasteiger partial charge in [-0.25, -0.2) is 4.79 Å². The van der Waals surface area contributed by atoms with Crippen LogP contribution in [0.1, 0.15) is 37.0 Å². The number of oxime groups is 1. The van der Waals surface area contributed by atoms with E-state index in [-0.39, 0.29) is 35.7 Å². The van der Waals surface area contributed by atoms with Crippen LogP contribution in [-0.4, -0.2) is 82.0 Å². The van der Waals surface area contributed by atoms with E-state index in [2.05, 4.69) is 10.5 Å². The summed E-state index contributed by atoms with van der Waals surface area (Å²) in [7, 11) is 0. The maximum absolute atomic E-state index is 12.4. The van der Waals surface area contributed by atoms with Crippen molar-refractivity contribution in [3.05, 3.63) is 22.7 Å². The molecule has 1 aromatic rings. The van der Waals surface area contributed by atoms with Gasteiger partial charge in [0.2, 0.25) is 5.91 Å². The Morgan fingerprint density at radius 2 is 2.09 bits per heavy atom. The number of carbonyl (C=O) groups excluding carboxylic acids is 2. The first-order valence-electron chi connectivity index (χ1n) is 9.74. The van der Waals surface area contributed by atoms with E-state index in [1.165, 1.54) is 6.07 Å². The second-order valence-electron chi connectivity index (χ2n) is 7.91. The van der Waals surface area contributed by atoms with Gasteiger partial charge in [0.15, 0.2) is 17.5 Å². The lowest BCUT2D eigenvalue weighted by Crippen LogP contribution is -2.68. The number of rotatable bonds is 8. The summed E-state index contributed by atoms with van der Waals surface area (Å²) in [6.45, 7) is 2.63. The Balaban J connectivity index is 1.73. The normalized spacial score (nSPS) is 23.6. The van der Waals surface area contributed by atoms with Crippen LogP contribution in [0.25, 0.3) is 0 Å². The summed E-state index contributed by atoms with van der Waals surface area (Å²) in [5.74, 6) is -3.84. The van der Waals surface area contributed by atoms with E-state index >= 15 is 0 Å². The van der Waals surface area contributed by atoms with Gasteiger partial charge >= 0.3 is 5.97 Å². The van der Waals surface area contributed by atoms with Gasteiger partial charge in [0.1, 0.15) is 10.9 Å². The molecule has 0 saturated carbocycles. The van der Waals surface area contributed by atoms with Crippen molar-refractivity contribution >= 4 is 46.2 Å². The first kappa shape index (κ1) is 24.7. The highest BCUT2D eigenvalue weighted by Crippen LogP contribution is 2.36. The molecule has 4 N–H and O–H groups in total. The number of nitrogens with one attached hydrogen (secondary N) is 1. The Morgan fingerprint density at radius 1 is 1.42 bits per heavy atom. The van der Waals surface area contributed by atoms with Crippen molar-refractivity contribution in [1.82, 2.24) is 10.2 Å². The number of β-lactam (4-membered cyclic amide) rings is 1. The molecule has 33 heavy (non-hydrogen) atoms. The molecule has 2 heterocycles. The van der Waals surface area contributed by atoms with Gasteiger partial charge in [-0.15, -0.1) is 0 Å². The molecule has 0 bridgehead atoms. The van der Waals surface area contributed by atoms with Gasteiger partial charge in [-0.05, 0) is 37.1 Å². The minimum atomic E-state index is -2.98. The fourth-order valence-corrected chi connectivity index (χ4v) is 4.77. The number of benzene rings is 1. The van der Waals surface area contributed by atoms with E-state index in [9.17, 15) is 38.5 Å². The highest BCUT2D eigenvalue weighted by molar-refractivity contribution is 7.81. The minimum Gasteiger partial charge on any atom is -0.772 e. The zero-order valence-electron chi connectivity index (χ0n) is 17.5. The molecule has 5 atom stereocenters. The summed E-state index contributed by atoms with van der Waals surface area (Å²) < 4.78 is 22.3. The number of halogens is 1. The second kappa shape index (κ2) is 9.15. The Morgan fingerprint density at radius 3 is 2.64 bits per heavy atom. The van der Waals surface area contributed by atoms with Gasteiger partial charge in [-0.3, -0.25) is 13.8 Å². The predicted octanol–water partition coefficient (Wildman–Crippen LogP) is 0.338. The summed E-state index contributed by atoms with van der Waals surface area (Å²) in [6.07, 6.45) is -0.840. The molecule has 1 fully saturated rings. The molecule has 3 rings (SSSR count). The van der Waals surface area contributed by atoms with Gasteiger partial charge in [0, 0.05) is 18.9 Å². The fraction of sp³-hybridized carbons (Fsp3) is 0.474. The molecule has 0 aliphatic carbocycles. The van der Waals surface area contributed by atoms with Crippen LogP contribution in [-0.2, 0) is 25.5 Å². The summed E-state index contributed by atoms with van der Waals surface area (Å²) >= 11 is 2.88. The smallest absolute Gasteiger partial charge is 0.328 e. The number of aliphatic carboxylic acids is 1. The van der Waals surface area contributed by atoms with Crippen molar-refractivity contribution in [2.75, 3.05) is 6.54 Å².